The van der Waals surface area contributed by atoms with Gasteiger partial charge in [0.1, 0.15) is 5.75 Å². The molecule has 0 aliphatic heterocycles. The van der Waals surface area contributed by atoms with Crippen molar-refractivity contribution < 1.29 is 23.0 Å². The summed E-state index contributed by atoms with van der Waals surface area (Å²) in [5.41, 5.74) is 0.0922. The van der Waals surface area contributed by atoms with Crippen LogP contribution < -0.4 is 4.74 Å². The summed E-state index contributed by atoms with van der Waals surface area (Å²) in [5.74, 6) is -3.25. The Balaban J connectivity index is 2.31. The van der Waals surface area contributed by atoms with Crippen molar-refractivity contribution in [2.75, 3.05) is 0 Å². The first kappa shape index (κ1) is 12.4. The van der Waals surface area contributed by atoms with Crippen LogP contribution in [-0.2, 0) is 6.61 Å². The van der Waals surface area contributed by atoms with Gasteiger partial charge < -0.3 is 9.84 Å². The van der Waals surface area contributed by atoms with Crippen LogP contribution in [0.1, 0.15) is 5.56 Å². The fourth-order valence-corrected chi connectivity index (χ4v) is 1.34. The largest absolute Gasteiger partial charge is 0.450 e. The van der Waals surface area contributed by atoms with Crippen molar-refractivity contribution >= 4 is 0 Å². The maximum Gasteiger partial charge on any atom is 0.213 e. The molecule has 6 heteroatoms. The first-order valence-corrected chi connectivity index (χ1v) is 4.98. The van der Waals surface area contributed by atoms with Gasteiger partial charge in [0.15, 0.2) is 17.4 Å². The Morgan fingerprint density at radius 1 is 1.11 bits per heavy atom. The van der Waals surface area contributed by atoms with Gasteiger partial charge in [-0.2, -0.15) is 4.39 Å². The van der Waals surface area contributed by atoms with E-state index in [1.165, 1.54) is 6.07 Å². The first-order valence-electron chi connectivity index (χ1n) is 4.98. The normalized spacial score (nSPS) is 10.4. The van der Waals surface area contributed by atoms with E-state index in [4.69, 9.17) is 9.84 Å². The molecular weight excluding hydrogens is 247 g/mol. The van der Waals surface area contributed by atoms with E-state index >= 15 is 0 Å². The fourth-order valence-electron chi connectivity index (χ4n) is 1.34. The molecule has 0 aliphatic carbocycles. The topological polar surface area (TPSA) is 42.4 Å². The third-order valence-electron chi connectivity index (χ3n) is 2.16. The van der Waals surface area contributed by atoms with Crippen LogP contribution in [0.2, 0.25) is 0 Å². The predicted molar refractivity (Wildman–Crippen MR) is 56.5 cm³/mol. The van der Waals surface area contributed by atoms with E-state index in [1.807, 2.05) is 0 Å². The summed E-state index contributed by atoms with van der Waals surface area (Å²) >= 11 is 0. The Labute approximate surface area is 100 Å². The van der Waals surface area contributed by atoms with Crippen molar-refractivity contribution in [2.24, 2.45) is 0 Å². The standard InChI is InChI=1S/C12H8F3NO2/c13-9-3-7(6-17)4-10(14)12(9)18-8-1-2-11(15)16-5-8/h1-5,17H,6H2. The number of hydrogen-bond donors (Lipinski definition) is 1. The molecule has 0 bridgehead atoms. The molecule has 3 nitrogen and oxygen atoms in total. The van der Waals surface area contributed by atoms with Gasteiger partial charge in [0.05, 0.1) is 12.8 Å². The highest BCUT2D eigenvalue weighted by molar-refractivity contribution is 5.34. The lowest BCUT2D eigenvalue weighted by Gasteiger charge is -2.08. The summed E-state index contributed by atoms with van der Waals surface area (Å²) in [7, 11) is 0. The number of benzene rings is 1. The number of pyridine rings is 1. The fraction of sp³-hybridized carbons (Fsp3) is 0.0833. The Morgan fingerprint density at radius 2 is 1.78 bits per heavy atom. The summed E-state index contributed by atoms with van der Waals surface area (Å²) in [6.07, 6.45) is 1.01. The van der Waals surface area contributed by atoms with Crippen molar-refractivity contribution in [1.29, 1.82) is 0 Å². The number of rotatable bonds is 3. The van der Waals surface area contributed by atoms with Crippen LogP contribution in [0, 0.1) is 17.6 Å². The smallest absolute Gasteiger partial charge is 0.213 e. The Hall–Kier alpha value is -2.08. The Bertz CT molecular complexity index is 535. The zero-order chi connectivity index (χ0) is 13.1. The van der Waals surface area contributed by atoms with Crippen LogP contribution >= 0.6 is 0 Å². The molecule has 0 spiro atoms. The molecule has 0 atom stereocenters. The van der Waals surface area contributed by atoms with E-state index in [9.17, 15) is 13.2 Å². The number of hydrogen-bond acceptors (Lipinski definition) is 3. The van der Waals surface area contributed by atoms with E-state index in [0.717, 1.165) is 24.4 Å². The number of aliphatic hydroxyl groups excluding tert-OH is 1. The van der Waals surface area contributed by atoms with Crippen LogP contribution in [0.3, 0.4) is 0 Å². The molecule has 94 valence electrons. The van der Waals surface area contributed by atoms with Gasteiger partial charge in [-0.15, -0.1) is 0 Å². The molecule has 2 rings (SSSR count). The minimum absolute atomic E-state index is 0.00551. The summed E-state index contributed by atoms with van der Waals surface area (Å²) in [6.45, 7) is -0.480. The lowest BCUT2D eigenvalue weighted by Crippen LogP contribution is -1.96. The van der Waals surface area contributed by atoms with Gasteiger partial charge in [-0.3, -0.25) is 0 Å². The number of ether oxygens (including phenoxy) is 1. The molecule has 2 aromatic rings. The van der Waals surface area contributed by atoms with E-state index in [1.54, 1.807) is 0 Å². The van der Waals surface area contributed by atoms with Gasteiger partial charge in [0, 0.05) is 0 Å². The number of aliphatic hydroxyl groups is 1. The van der Waals surface area contributed by atoms with Gasteiger partial charge in [0.2, 0.25) is 5.95 Å². The molecule has 0 saturated carbocycles. The molecule has 1 N–H and O–H groups in total. The minimum atomic E-state index is -0.955. The summed E-state index contributed by atoms with van der Waals surface area (Å²) in [4.78, 5) is 3.29. The lowest BCUT2D eigenvalue weighted by molar-refractivity contribution is 0.279. The third kappa shape index (κ3) is 2.60. The minimum Gasteiger partial charge on any atom is -0.450 e. The second kappa shape index (κ2) is 5.05. The van der Waals surface area contributed by atoms with Crippen LogP contribution in [0.25, 0.3) is 0 Å². The zero-order valence-corrected chi connectivity index (χ0v) is 9.03. The van der Waals surface area contributed by atoms with Crippen LogP contribution in [0.15, 0.2) is 30.5 Å². The van der Waals surface area contributed by atoms with Crippen molar-refractivity contribution in [3.05, 3.63) is 53.6 Å². The van der Waals surface area contributed by atoms with Gasteiger partial charge >= 0.3 is 0 Å². The van der Waals surface area contributed by atoms with Crippen LogP contribution in [0.4, 0.5) is 13.2 Å². The van der Waals surface area contributed by atoms with E-state index in [2.05, 4.69) is 4.98 Å². The summed E-state index contributed by atoms with van der Waals surface area (Å²) in [5, 5.41) is 8.77. The van der Waals surface area contributed by atoms with Gasteiger partial charge in [0.25, 0.3) is 0 Å². The lowest BCUT2D eigenvalue weighted by atomic mass is 10.2. The molecule has 0 unspecified atom stereocenters. The average Bonchev–Trinajstić information content (AvgIpc) is 2.35. The second-order valence-electron chi connectivity index (χ2n) is 3.47. The quantitative estimate of drug-likeness (QED) is 0.857. The number of halogens is 3. The Kier molecular flexibility index (Phi) is 3.47. The molecule has 1 aromatic carbocycles. The van der Waals surface area contributed by atoms with Gasteiger partial charge in [-0.25, -0.2) is 13.8 Å². The molecule has 1 heterocycles. The summed E-state index contributed by atoms with van der Waals surface area (Å²) < 4.78 is 44.5. The van der Waals surface area contributed by atoms with Gasteiger partial charge in [-0.1, -0.05) is 0 Å². The van der Waals surface area contributed by atoms with Crippen molar-refractivity contribution in [1.82, 2.24) is 4.98 Å². The molecule has 18 heavy (non-hydrogen) atoms. The molecule has 0 aliphatic rings. The Morgan fingerprint density at radius 3 is 2.28 bits per heavy atom. The second-order valence-corrected chi connectivity index (χ2v) is 3.47. The van der Waals surface area contributed by atoms with Crippen molar-refractivity contribution in [2.45, 2.75) is 6.61 Å². The van der Waals surface area contributed by atoms with Crippen molar-refractivity contribution in [3.8, 4) is 11.5 Å². The molecule has 0 saturated heterocycles. The molecular formula is C12H8F3NO2. The predicted octanol–water partition coefficient (Wildman–Crippen LogP) is 2.78. The van der Waals surface area contributed by atoms with Crippen LogP contribution in [0.5, 0.6) is 11.5 Å². The maximum atomic E-state index is 13.5. The van der Waals surface area contributed by atoms with Crippen molar-refractivity contribution in [3.63, 3.8) is 0 Å². The third-order valence-corrected chi connectivity index (χ3v) is 2.16. The van der Waals surface area contributed by atoms with Gasteiger partial charge in [-0.05, 0) is 29.8 Å². The zero-order valence-electron chi connectivity index (χ0n) is 9.03. The van der Waals surface area contributed by atoms with E-state index in [0.29, 0.717) is 0 Å². The first-order chi connectivity index (χ1) is 8.60. The molecule has 0 fully saturated rings. The summed E-state index contributed by atoms with van der Waals surface area (Å²) in [6, 6.07) is 4.11. The number of nitrogens with zero attached hydrogens (tertiary/aromatic N) is 1. The van der Waals surface area contributed by atoms with Crippen LogP contribution in [-0.4, -0.2) is 10.1 Å². The number of aromatic nitrogens is 1. The maximum absolute atomic E-state index is 13.5. The highest BCUT2D eigenvalue weighted by atomic mass is 19.1. The molecule has 0 amide bonds. The highest BCUT2D eigenvalue weighted by Crippen LogP contribution is 2.28. The van der Waals surface area contributed by atoms with E-state index < -0.39 is 29.9 Å². The average molecular weight is 255 g/mol. The highest BCUT2D eigenvalue weighted by Gasteiger charge is 2.13. The molecule has 0 radical (unpaired) electrons. The van der Waals surface area contributed by atoms with E-state index in [-0.39, 0.29) is 11.3 Å². The SMILES string of the molecule is OCc1cc(F)c(Oc2ccc(F)nc2)c(F)c1. The monoisotopic (exact) mass is 255 g/mol. The molecule has 1 aromatic heterocycles.